The maximum Gasteiger partial charge on any atom is 0.150 e. The Bertz CT molecular complexity index is 1110. The number of sulfone groups is 1. The van der Waals surface area contributed by atoms with Crippen LogP contribution < -0.4 is 4.74 Å². The van der Waals surface area contributed by atoms with Crippen molar-refractivity contribution < 1.29 is 18.3 Å². The largest absolute Gasteiger partial charge is 0.491 e. The first kappa shape index (κ1) is 19.9. The molecule has 6 nitrogen and oxygen atoms in total. The molecular weight excluding hydrogens is 388 g/mol. The van der Waals surface area contributed by atoms with Crippen molar-refractivity contribution in [1.29, 1.82) is 0 Å². The fraction of sp³-hybridized carbons (Fsp3) is 0.409. The number of imidazole rings is 1. The molecule has 0 aliphatic carbocycles. The summed E-state index contributed by atoms with van der Waals surface area (Å²) in [5, 5.41) is 10.6. The van der Waals surface area contributed by atoms with E-state index in [2.05, 4.69) is 0 Å². The number of para-hydroxylation sites is 2. The van der Waals surface area contributed by atoms with Gasteiger partial charge in [0.25, 0.3) is 0 Å². The minimum absolute atomic E-state index is 0.0799. The normalized spacial score (nSPS) is 19.4. The van der Waals surface area contributed by atoms with E-state index in [1.165, 1.54) is 0 Å². The monoisotopic (exact) mass is 414 g/mol. The number of rotatable bonds is 7. The van der Waals surface area contributed by atoms with Gasteiger partial charge in [0, 0.05) is 6.42 Å². The minimum Gasteiger partial charge on any atom is -0.491 e. The second-order valence-electron chi connectivity index (χ2n) is 7.88. The van der Waals surface area contributed by atoms with Gasteiger partial charge in [0.2, 0.25) is 0 Å². The Morgan fingerprint density at radius 3 is 2.83 bits per heavy atom. The number of aliphatic hydroxyl groups is 1. The molecule has 4 rings (SSSR count). The summed E-state index contributed by atoms with van der Waals surface area (Å²) in [7, 11) is -2.93. The molecule has 1 aliphatic rings. The molecule has 1 fully saturated rings. The quantitative estimate of drug-likeness (QED) is 0.643. The molecule has 1 N–H and O–H groups in total. The number of aromatic nitrogens is 2. The van der Waals surface area contributed by atoms with Gasteiger partial charge in [-0.05, 0) is 49.1 Å². The maximum atomic E-state index is 11.8. The van der Waals surface area contributed by atoms with Gasteiger partial charge in [0.15, 0.2) is 9.84 Å². The third-order valence-corrected chi connectivity index (χ3v) is 7.19. The highest BCUT2D eigenvalue weighted by atomic mass is 32.2. The zero-order chi connectivity index (χ0) is 20.4. The lowest BCUT2D eigenvalue weighted by molar-refractivity contribution is 0.0925. The van der Waals surface area contributed by atoms with Crippen LogP contribution in [0.3, 0.4) is 0 Å². The average molecular weight is 415 g/mol. The summed E-state index contributed by atoms with van der Waals surface area (Å²) in [6, 6.07) is 15.5. The van der Waals surface area contributed by atoms with E-state index < -0.39 is 15.9 Å². The van der Waals surface area contributed by atoms with Crippen molar-refractivity contribution in [2.24, 2.45) is 5.92 Å². The van der Waals surface area contributed by atoms with Crippen molar-refractivity contribution in [2.75, 3.05) is 18.1 Å². The van der Waals surface area contributed by atoms with Crippen LogP contribution in [0, 0.1) is 12.8 Å². The molecule has 1 aliphatic heterocycles. The third-order valence-electron chi connectivity index (χ3n) is 5.36. The molecule has 2 aromatic carbocycles. The molecule has 1 saturated heterocycles. The zero-order valence-electron chi connectivity index (χ0n) is 16.5. The first-order valence-corrected chi connectivity index (χ1v) is 11.7. The Balaban J connectivity index is 1.50. The number of aliphatic hydroxyl groups excluding tert-OH is 1. The summed E-state index contributed by atoms with van der Waals surface area (Å²) in [4.78, 5) is 4.72. The van der Waals surface area contributed by atoms with Gasteiger partial charge < -0.3 is 14.4 Å². The van der Waals surface area contributed by atoms with Crippen LogP contribution in [0.4, 0.5) is 0 Å². The second-order valence-corrected chi connectivity index (χ2v) is 10.1. The molecule has 7 heteroatoms. The number of ether oxygens (including phenoxy) is 1. The highest BCUT2D eigenvalue weighted by Crippen LogP contribution is 2.25. The number of hydrogen-bond acceptors (Lipinski definition) is 5. The highest BCUT2D eigenvalue weighted by Gasteiger charge is 2.29. The fourth-order valence-electron chi connectivity index (χ4n) is 3.94. The second kappa shape index (κ2) is 8.16. The Labute approximate surface area is 171 Å². The standard InChI is InChI=1S/C22H26N2O4S/c1-16-5-4-6-19(11-16)28-14-18(25)13-24-21-8-3-2-7-20(21)23-22(24)12-17-9-10-29(26,27)15-17/h2-8,11,17-18,25H,9-10,12-15H2,1H3/t17-,18-/m1/s1. The Morgan fingerprint density at radius 1 is 1.24 bits per heavy atom. The molecule has 2 atom stereocenters. The van der Waals surface area contributed by atoms with Gasteiger partial charge in [0.05, 0.1) is 29.1 Å². The van der Waals surface area contributed by atoms with E-state index >= 15 is 0 Å². The summed E-state index contributed by atoms with van der Waals surface area (Å²) in [6.07, 6.45) is 0.559. The van der Waals surface area contributed by atoms with Crippen LogP contribution in [0.1, 0.15) is 17.8 Å². The Hall–Kier alpha value is -2.38. The predicted molar refractivity (Wildman–Crippen MR) is 113 cm³/mol. The van der Waals surface area contributed by atoms with Crippen LogP contribution in [-0.4, -0.2) is 47.3 Å². The molecule has 0 saturated carbocycles. The van der Waals surface area contributed by atoms with E-state index in [1.54, 1.807) is 0 Å². The Morgan fingerprint density at radius 2 is 2.07 bits per heavy atom. The third kappa shape index (κ3) is 4.79. The van der Waals surface area contributed by atoms with Crippen molar-refractivity contribution in [3.63, 3.8) is 0 Å². The molecule has 2 heterocycles. The predicted octanol–water partition coefficient (Wildman–Crippen LogP) is 2.76. The van der Waals surface area contributed by atoms with Crippen LogP contribution in [0.2, 0.25) is 0 Å². The molecule has 3 aromatic rings. The molecule has 154 valence electrons. The lowest BCUT2D eigenvalue weighted by Gasteiger charge is -2.17. The number of benzene rings is 2. The molecule has 0 unspecified atom stereocenters. The van der Waals surface area contributed by atoms with Crippen molar-refractivity contribution in [3.05, 3.63) is 59.9 Å². The number of nitrogens with zero attached hydrogens (tertiary/aromatic N) is 2. The summed E-state index contributed by atoms with van der Waals surface area (Å²) in [5.41, 5.74) is 2.90. The molecular formula is C22H26N2O4S. The smallest absolute Gasteiger partial charge is 0.150 e. The summed E-state index contributed by atoms with van der Waals surface area (Å²) in [6.45, 7) is 2.52. The average Bonchev–Trinajstić information content (AvgIpc) is 3.20. The van der Waals surface area contributed by atoms with Gasteiger partial charge in [-0.25, -0.2) is 13.4 Å². The van der Waals surface area contributed by atoms with Crippen molar-refractivity contribution in [1.82, 2.24) is 9.55 Å². The zero-order valence-corrected chi connectivity index (χ0v) is 17.3. The van der Waals surface area contributed by atoms with E-state index in [0.29, 0.717) is 19.4 Å². The van der Waals surface area contributed by atoms with Crippen molar-refractivity contribution in [3.8, 4) is 5.75 Å². The topological polar surface area (TPSA) is 81.4 Å². The molecule has 0 amide bonds. The molecule has 0 bridgehead atoms. The van der Waals surface area contributed by atoms with Gasteiger partial charge in [0.1, 0.15) is 24.3 Å². The molecule has 29 heavy (non-hydrogen) atoms. The van der Waals surface area contributed by atoms with Crippen LogP contribution in [0.25, 0.3) is 11.0 Å². The first-order chi connectivity index (χ1) is 13.9. The molecule has 0 spiro atoms. The van der Waals surface area contributed by atoms with Gasteiger partial charge in [-0.1, -0.05) is 24.3 Å². The summed E-state index contributed by atoms with van der Waals surface area (Å²) < 4.78 is 31.4. The Kier molecular flexibility index (Phi) is 5.61. The lowest BCUT2D eigenvalue weighted by atomic mass is 10.1. The van der Waals surface area contributed by atoms with Gasteiger partial charge in [-0.3, -0.25) is 0 Å². The highest BCUT2D eigenvalue weighted by molar-refractivity contribution is 7.91. The molecule has 0 radical (unpaired) electrons. The summed E-state index contributed by atoms with van der Waals surface area (Å²) in [5.74, 6) is 2.11. The van der Waals surface area contributed by atoms with E-state index in [0.717, 1.165) is 28.2 Å². The maximum absolute atomic E-state index is 11.8. The minimum atomic E-state index is -2.93. The van der Waals surface area contributed by atoms with Gasteiger partial charge in [-0.15, -0.1) is 0 Å². The van der Waals surface area contributed by atoms with Crippen LogP contribution in [0.15, 0.2) is 48.5 Å². The van der Waals surface area contributed by atoms with E-state index in [9.17, 15) is 13.5 Å². The van der Waals surface area contributed by atoms with Crippen LogP contribution >= 0.6 is 0 Å². The summed E-state index contributed by atoms with van der Waals surface area (Å²) >= 11 is 0. The first-order valence-electron chi connectivity index (χ1n) is 9.92. The number of aryl methyl sites for hydroxylation is 1. The SMILES string of the molecule is Cc1cccc(OC[C@H](O)Cn2c(C[C@H]3CCS(=O)(=O)C3)nc3ccccc32)c1. The molecule has 1 aromatic heterocycles. The van der Waals surface area contributed by atoms with Gasteiger partial charge >= 0.3 is 0 Å². The van der Waals surface area contributed by atoms with Crippen LogP contribution in [-0.2, 0) is 22.8 Å². The number of hydrogen-bond donors (Lipinski definition) is 1. The van der Waals surface area contributed by atoms with Crippen LogP contribution in [0.5, 0.6) is 5.75 Å². The van der Waals surface area contributed by atoms with Gasteiger partial charge in [-0.2, -0.15) is 0 Å². The van der Waals surface area contributed by atoms with E-state index in [-0.39, 0.29) is 24.0 Å². The van der Waals surface area contributed by atoms with Crippen molar-refractivity contribution in [2.45, 2.75) is 32.4 Å². The number of fused-ring (bicyclic) bond motifs is 1. The lowest BCUT2D eigenvalue weighted by Crippen LogP contribution is -2.25. The van der Waals surface area contributed by atoms with Crippen molar-refractivity contribution >= 4 is 20.9 Å². The van der Waals surface area contributed by atoms with E-state index in [1.807, 2.05) is 60.0 Å². The fourth-order valence-corrected chi connectivity index (χ4v) is 5.80. The van der Waals surface area contributed by atoms with E-state index in [4.69, 9.17) is 9.72 Å².